The van der Waals surface area contributed by atoms with E-state index >= 15 is 0 Å². The number of para-hydroxylation sites is 1. The first-order chi connectivity index (χ1) is 13.0. The molecule has 5 rings (SSSR count). The van der Waals surface area contributed by atoms with Gasteiger partial charge in [-0.3, -0.25) is 24.5 Å². The van der Waals surface area contributed by atoms with Crippen LogP contribution in [-0.4, -0.2) is 42.5 Å². The Bertz CT molecular complexity index is 866. The van der Waals surface area contributed by atoms with Gasteiger partial charge in [0.25, 0.3) is 5.91 Å². The number of nitro groups is 1. The predicted molar refractivity (Wildman–Crippen MR) is 94.6 cm³/mol. The van der Waals surface area contributed by atoms with Crippen LogP contribution in [-0.2, 0) is 24.6 Å². The number of hydrogen-bond acceptors (Lipinski definition) is 6. The number of ether oxygens (including phenoxy) is 1. The van der Waals surface area contributed by atoms with Crippen molar-refractivity contribution < 1.29 is 24.1 Å². The Labute approximate surface area is 155 Å². The van der Waals surface area contributed by atoms with E-state index in [4.69, 9.17) is 9.57 Å². The molecule has 8 heteroatoms. The zero-order chi connectivity index (χ0) is 19.3. The van der Waals surface area contributed by atoms with Crippen LogP contribution < -0.4 is 5.06 Å². The molecule has 1 aromatic carbocycles. The third-order valence-electron chi connectivity index (χ3n) is 5.93. The number of nitrogens with zero attached hydrogens (tertiary/aromatic N) is 2. The van der Waals surface area contributed by atoms with Gasteiger partial charge in [-0.2, -0.15) is 5.06 Å². The highest BCUT2D eigenvalue weighted by molar-refractivity contribution is 6.08. The number of fused-ring (bicyclic) bond motifs is 3. The minimum Gasteiger partial charge on any atom is -0.372 e. The molecule has 0 aromatic heterocycles. The molecule has 3 aliphatic heterocycles. The highest BCUT2D eigenvalue weighted by atomic mass is 16.7. The van der Waals surface area contributed by atoms with E-state index in [2.05, 4.69) is 0 Å². The van der Waals surface area contributed by atoms with E-state index < -0.39 is 29.4 Å². The molecule has 4 aliphatic rings. The highest BCUT2D eigenvalue weighted by Crippen LogP contribution is 2.53. The highest BCUT2D eigenvalue weighted by Gasteiger charge is 2.63. The van der Waals surface area contributed by atoms with Crippen LogP contribution in [0.2, 0.25) is 0 Å². The maximum Gasteiger partial charge on any atom is 0.264 e. The fourth-order valence-electron chi connectivity index (χ4n) is 4.64. The van der Waals surface area contributed by atoms with Crippen molar-refractivity contribution >= 4 is 17.4 Å². The fraction of sp³-hybridized carbons (Fsp3) is 0.474. The van der Waals surface area contributed by atoms with Gasteiger partial charge in [-0.15, -0.1) is 0 Å². The lowest BCUT2D eigenvalue weighted by Crippen LogP contribution is -2.49. The Kier molecular flexibility index (Phi) is 4.12. The summed E-state index contributed by atoms with van der Waals surface area (Å²) in [5.41, 5.74) is 0.316. The van der Waals surface area contributed by atoms with Gasteiger partial charge in [0, 0.05) is 23.3 Å². The first kappa shape index (κ1) is 17.8. The van der Waals surface area contributed by atoms with E-state index in [-0.39, 0.29) is 30.2 Å². The molecule has 3 unspecified atom stereocenters. The van der Waals surface area contributed by atoms with Crippen LogP contribution in [0.1, 0.15) is 25.3 Å². The zero-order valence-electron chi connectivity index (χ0n) is 15.1. The minimum absolute atomic E-state index is 0.0396. The summed E-state index contributed by atoms with van der Waals surface area (Å²) in [6.07, 6.45) is 1.10. The molecule has 1 aliphatic carbocycles. The molecule has 8 nitrogen and oxygen atoms in total. The Morgan fingerprint density at radius 3 is 2.85 bits per heavy atom. The molecule has 1 spiro atoms. The second-order valence-corrected chi connectivity index (χ2v) is 7.09. The number of hydroxylamine groups is 1. The van der Waals surface area contributed by atoms with Gasteiger partial charge in [-0.05, 0) is 17.7 Å². The average Bonchev–Trinajstić information content (AvgIpc) is 2.80. The van der Waals surface area contributed by atoms with Gasteiger partial charge >= 0.3 is 0 Å². The van der Waals surface area contributed by atoms with E-state index in [1.54, 1.807) is 37.3 Å². The summed E-state index contributed by atoms with van der Waals surface area (Å²) >= 11 is 0. The van der Waals surface area contributed by atoms with E-state index in [1.807, 2.05) is 0 Å². The SMILES string of the molecule is CCC(=O)C1=CC2OCC1[C@@H]([N+](=O)[O-])CC21C(=O)N(OC)c2ccccc21. The molecule has 142 valence electrons. The average molecular weight is 372 g/mol. The maximum atomic E-state index is 13.4. The van der Waals surface area contributed by atoms with Crippen molar-refractivity contribution in [2.24, 2.45) is 5.92 Å². The lowest BCUT2D eigenvalue weighted by atomic mass is 9.72. The van der Waals surface area contributed by atoms with Crippen LogP contribution in [0.25, 0.3) is 0 Å². The van der Waals surface area contributed by atoms with Gasteiger partial charge in [0.15, 0.2) is 5.78 Å². The Hall–Kier alpha value is -2.58. The molecule has 2 bridgehead atoms. The molecule has 1 amide bonds. The zero-order valence-corrected chi connectivity index (χ0v) is 15.1. The number of ketones is 1. The molecule has 4 atom stereocenters. The van der Waals surface area contributed by atoms with Crippen molar-refractivity contribution in [2.75, 3.05) is 18.8 Å². The van der Waals surface area contributed by atoms with Crippen LogP contribution in [0.5, 0.6) is 0 Å². The third kappa shape index (κ3) is 2.30. The van der Waals surface area contributed by atoms with Crippen LogP contribution in [0.4, 0.5) is 5.69 Å². The van der Waals surface area contributed by atoms with Gasteiger partial charge in [-0.25, -0.2) is 0 Å². The van der Waals surface area contributed by atoms with Crippen molar-refractivity contribution in [1.82, 2.24) is 0 Å². The summed E-state index contributed by atoms with van der Waals surface area (Å²) in [6.45, 7) is 1.78. The van der Waals surface area contributed by atoms with Gasteiger partial charge in [-0.1, -0.05) is 25.1 Å². The van der Waals surface area contributed by atoms with Crippen LogP contribution >= 0.6 is 0 Å². The number of rotatable bonds is 4. The number of benzene rings is 1. The lowest BCUT2D eigenvalue weighted by molar-refractivity contribution is -0.531. The summed E-state index contributed by atoms with van der Waals surface area (Å²) in [5.74, 6) is -1.19. The topological polar surface area (TPSA) is 99.0 Å². The van der Waals surface area contributed by atoms with Gasteiger partial charge in [0.05, 0.1) is 31.4 Å². The van der Waals surface area contributed by atoms with E-state index in [0.717, 1.165) is 0 Å². The lowest BCUT2D eigenvalue weighted by Gasteiger charge is -2.33. The molecule has 27 heavy (non-hydrogen) atoms. The monoisotopic (exact) mass is 372 g/mol. The molecule has 3 heterocycles. The number of carbonyl (C=O) groups is 2. The van der Waals surface area contributed by atoms with E-state index in [1.165, 1.54) is 12.2 Å². The number of anilines is 1. The number of carbonyl (C=O) groups excluding carboxylic acids is 2. The van der Waals surface area contributed by atoms with Crippen molar-refractivity contribution in [1.29, 1.82) is 0 Å². The Morgan fingerprint density at radius 1 is 1.44 bits per heavy atom. The summed E-state index contributed by atoms with van der Waals surface area (Å²) < 4.78 is 5.93. The number of hydrogen-bond donors (Lipinski definition) is 0. The Balaban J connectivity index is 1.96. The third-order valence-corrected chi connectivity index (χ3v) is 5.93. The number of amides is 1. The normalized spacial score (nSPS) is 31.6. The first-order valence-corrected chi connectivity index (χ1v) is 8.93. The van der Waals surface area contributed by atoms with Crippen molar-refractivity contribution in [3.8, 4) is 0 Å². The van der Waals surface area contributed by atoms with E-state index in [0.29, 0.717) is 16.8 Å². The first-order valence-electron chi connectivity index (χ1n) is 8.93. The van der Waals surface area contributed by atoms with Gasteiger partial charge < -0.3 is 4.74 Å². The van der Waals surface area contributed by atoms with Gasteiger partial charge in [0.1, 0.15) is 5.41 Å². The molecular formula is C19H20N2O6. The summed E-state index contributed by atoms with van der Waals surface area (Å²) in [7, 11) is 1.38. The largest absolute Gasteiger partial charge is 0.372 e. The smallest absolute Gasteiger partial charge is 0.264 e. The maximum absolute atomic E-state index is 13.4. The molecule has 1 aromatic rings. The summed E-state index contributed by atoms with van der Waals surface area (Å²) in [4.78, 5) is 42.7. The molecule has 1 fully saturated rings. The van der Waals surface area contributed by atoms with Crippen LogP contribution in [0, 0.1) is 16.0 Å². The molecule has 0 N–H and O–H groups in total. The predicted octanol–water partition coefficient (Wildman–Crippen LogP) is 1.80. The Morgan fingerprint density at radius 2 is 2.19 bits per heavy atom. The number of Topliss-reactive ketones (excluding diaryl/α,β-unsaturated/α-hetero) is 1. The van der Waals surface area contributed by atoms with Crippen molar-refractivity contribution in [3.63, 3.8) is 0 Å². The second-order valence-electron chi connectivity index (χ2n) is 7.09. The standard InChI is InChI=1S/C19H20N2O6/c1-3-16(22)11-8-17-19(9-15(21(24)25)12(11)10-27-17)13-6-4-5-7-14(13)20(26-2)18(19)23/h4-8,12,15,17H,3,9-10H2,1-2H3/t12?,15-,17?,19?/m0/s1. The molecule has 1 saturated heterocycles. The summed E-state index contributed by atoms with van der Waals surface area (Å²) in [5, 5.41) is 13.1. The molecule has 0 radical (unpaired) electrons. The van der Waals surface area contributed by atoms with Gasteiger partial charge in [0.2, 0.25) is 6.04 Å². The fourth-order valence-corrected chi connectivity index (χ4v) is 4.64. The molecular weight excluding hydrogens is 352 g/mol. The van der Waals surface area contributed by atoms with E-state index in [9.17, 15) is 19.7 Å². The quantitative estimate of drug-likeness (QED) is 0.590. The summed E-state index contributed by atoms with van der Waals surface area (Å²) in [6, 6.07) is 5.99. The minimum atomic E-state index is -1.28. The van der Waals surface area contributed by atoms with Crippen molar-refractivity contribution in [2.45, 2.75) is 37.3 Å². The van der Waals surface area contributed by atoms with Crippen molar-refractivity contribution in [3.05, 3.63) is 51.6 Å². The van der Waals surface area contributed by atoms with Crippen LogP contribution in [0.3, 0.4) is 0 Å². The second kappa shape index (κ2) is 6.24. The molecule has 0 saturated carbocycles. The van der Waals surface area contributed by atoms with Crippen LogP contribution in [0.15, 0.2) is 35.9 Å².